The number of amides is 1. The molecule has 1 rings (SSSR count). The third-order valence-corrected chi connectivity index (χ3v) is 2.75. The van der Waals surface area contributed by atoms with E-state index >= 15 is 0 Å². The van der Waals surface area contributed by atoms with Gasteiger partial charge in [0, 0.05) is 5.56 Å². The molecule has 0 unspecified atom stereocenters. The molecule has 0 aliphatic heterocycles. The highest BCUT2D eigenvalue weighted by Gasteiger charge is 2.23. The van der Waals surface area contributed by atoms with Crippen molar-refractivity contribution in [3.63, 3.8) is 0 Å². The van der Waals surface area contributed by atoms with Crippen molar-refractivity contribution in [2.24, 2.45) is 5.73 Å². The quantitative estimate of drug-likeness (QED) is 0.657. The molecule has 0 aliphatic carbocycles. The highest BCUT2D eigenvalue weighted by Crippen LogP contribution is 2.37. The van der Waals surface area contributed by atoms with E-state index in [1.165, 1.54) is 13.0 Å². The second-order valence-electron chi connectivity index (χ2n) is 3.49. The van der Waals surface area contributed by atoms with E-state index in [9.17, 15) is 14.9 Å². The summed E-state index contributed by atoms with van der Waals surface area (Å²) >= 11 is 5.91. The Morgan fingerprint density at radius 3 is 2.65 bits per heavy atom. The Kier molecular flexibility index (Phi) is 3.90. The normalized spacial score (nSPS) is 10.1. The Balaban J connectivity index is 3.27. The fourth-order valence-electron chi connectivity index (χ4n) is 1.40. The monoisotopic (exact) mass is 258 g/mol. The number of carbonyl (C=O) groups is 1. The maximum Gasteiger partial charge on any atom is 0.315 e. The first kappa shape index (κ1) is 13.2. The summed E-state index contributed by atoms with van der Waals surface area (Å²) in [6.07, 6.45) is 0. The number of nitrogens with zero attached hydrogens (tertiary/aromatic N) is 1. The molecule has 0 heterocycles. The van der Waals surface area contributed by atoms with Gasteiger partial charge in [0.1, 0.15) is 0 Å². The van der Waals surface area contributed by atoms with Crippen LogP contribution in [0.1, 0.15) is 11.1 Å². The summed E-state index contributed by atoms with van der Waals surface area (Å²) < 4.78 is 5.00. The molecular formula is C10H11ClN2O4. The van der Waals surface area contributed by atoms with Crippen LogP contribution in [0.5, 0.6) is 5.75 Å². The lowest BCUT2D eigenvalue weighted by Crippen LogP contribution is -2.20. The minimum atomic E-state index is -0.704. The van der Waals surface area contributed by atoms with Crippen molar-refractivity contribution in [1.82, 2.24) is 0 Å². The number of benzene rings is 1. The number of aryl methyl sites for hydroxylation is 1. The molecule has 6 nitrogen and oxygen atoms in total. The molecule has 0 saturated heterocycles. The Morgan fingerprint density at radius 2 is 2.18 bits per heavy atom. The van der Waals surface area contributed by atoms with Crippen LogP contribution < -0.4 is 10.5 Å². The molecule has 0 fully saturated rings. The number of primary amides is 1. The van der Waals surface area contributed by atoms with Gasteiger partial charge in [0.15, 0.2) is 12.4 Å². The van der Waals surface area contributed by atoms with Gasteiger partial charge in [-0.15, -0.1) is 0 Å². The van der Waals surface area contributed by atoms with Crippen LogP contribution in [-0.4, -0.2) is 17.4 Å². The number of ether oxygens (including phenoxy) is 1. The second-order valence-corrected chi connectivity index (χ2v) is 3.87. The molecule has 7 heteroatoms. The number of nitro groups is 1. The molecule has 1 aromatic rings. The minimum absolute atomic E-state index is 0.00630. The zero-order chi connectivity index (χ0) is 13.2. The first-order chi connectivity index (χ1) is 7.84. The molecule has 0 spiro atoms. The van der Waals surface area contributed by atoms with Gasteiger partial charge in [-0.25, -0.2) is 0 Å². The van der Waals surface area contributed by atoms with Gasteiger partial charge in [-0.05, 0) is 25.5 Å². The Labute approximate surface area is 102 Å². The largest absolute Gasteiger partial charge is 0.477 e. The van der Waals surface area contributed by atoms with Crippen molar-refractivity contribution < 1.29 is 14.5 Å². The minimum Gasteiger partial charge on any atom is -0.477 e. The number of carbonyl (C=O) groups excluding carboxylic acids is 1. The number of rotatable bonds is 4. The second kappa shape index (κ2) is 5.01. The van der Waals surface area contributed by atoms with Crippen LogP contribution in [-0.2, 0) is 4.79 Å². The van der Waals surface area contributed by atoms with Crippen LogP contribution in [0.3, 0.4) is 0 Å². The van der Waals surface area contributed by atoms with E-state index in [1.807, 2.05) is 0 Å². The molecule has 92 valence electrons. The van der Waals surface area contributed by atoms with Gasteiger partial charge >= 0.3 is 5.69 Å². The van der Waals surface area contributed by atoms with Crippen LogP contribution in [0.2, 0.25) is 5.02 Å². The van der Waals surface area contributed by atoms with Crippen LogP contribution in [0.15, 0.2) is 6.07 Å². The van der Waals surface area contributed by atoms with Gasteiger partial charge in [-0.3, -0.25) is 14.9 Å². The molecule has 17 heavy (non-hydrogen) atoms. The lowest BCUT2D eigenvalue weighted by molar-refractivity contribution is -0.386. The standard InChI is InChI=1S/C10H11ClN2O4/c1-5-3-7(17-4-8(12)14)10(13(15)16)6(2)9(5)11/h3H,4H2,1-2H3,(H2,12,14). The van der Waals surface area contributed by atoms with Gasteiger partial charge in [0.05, 0.1) is 9.95 Å². The van der Waals surface area contributed by atoms with Crippen LogP contribution in [0, 0.1) is 24.0 Å². The highest BCUT2D eigenvalue weighted by atomic mass is 35.5. The van der Waals surface area contributed by atoms with Gasteiger partial charge in [0.2, 0.25) is 0 Å². The molecular weight excluding hydrogens is 248 g/mol. The van der Waals surface area contributed by atoms with Gasteiger partial charge in [0.25, 0.3) is 5.91 Å². The molecule has 1 amide bonds. The third kappa shape index (κ3) is 2.85. The van der Waals surface area contributed by atoms with E-state index in [0.29, 0.717) is 16.1 Å². The maximum atomic E-state index is 10.9. The van der Waals surface area contributed by atoms with E-state index < -0.39 is 17.4 Å². The van der Waals surface area contributed by atoms with E-state index in [-0.39, 0.29) is 11.4 Å². The van der Waals surface area contributed by atoms with Crippen molar-refractivity contribution in [3.05, 3.63) is 32.3 Å². The van der Waals surface area contributed by atoms with Gasteiger partial charge in [-0.1, -0.05) is 11.6 Å². The summed E-state index contributed by atoms with van der Waals surface area (Å²) in [5.74, 6) is -0.710. The third-order valence-electron chi connectivity index (χ3n) is 2.16. The van der Waals surface area contributed by atoms with Crippen LogP contribution in [0.25, 0.3) is 0 Å². The summed E-state index contributed by atoms with van der Waals surface area (Å²) in [6.45, 7) is 2.79. The Hall–Kier alpha value is -1.82. The summed E-state index contributed by atoms with van der Waals surface area (Å²) in [7, 11) is 0. The van der Waals surface area contributed by atoms with Crippen LogP contribution >= 0.6 is 11.6 Å². The summed E-state index contributed by atoms with van der Waals surface area (Å²) in [6, 6.07) is 1.41. The molecule has 0 saturated carbocycles. The molecule has 0 radical (unpaired) electrons. The first-order valence-corrected chi connectivity index (χ1v) is 5.07. The molecule has 0 atom stereocenters. The summed E-state index contributed by atoms with van der Waals surface area (Å²) in [4.78, 5) is 20.9. The summed E-state index contributed by atoms with van der Waals surface area (Å²) in [5, 5.41) is 11.2. The molecule has 1 aromatic carbocycles. The Bertz CT molecular complexity index is 488. The fraction of sp³-hybridized carbons (Fsp3) is 0.300. The Morgan fingerprint density at radius 1 is 1.59 bits per heavy atom. The number of nitro benzene ring substituents is 1. The van der Waals surface area contributed by atoms with Crippen LogP contribution in [0.4, 0.5) is 5.69 Å². The van der Waals surface area contributed by atoms with Crippen molar-refractivity contribution in [2.45, 2.75) is 13.8 Å². The zero-order valence-electron chi connectivity index (χ0n) is 9.32. The fourth-order valence-corrected chi connectivity index (χ4v) is 1.54. The highest BCUT2D eigenvalue weighted by molar-refractivity contribution is 6.32. The van der Waals surface area contributed by atoms with E-state index in [2.05, 4.69) is 0 Å². The molecule has 2 N–H and O–H groups in total. The number of halogens is 1. The average molecular weight is 259 g/mol. The van der Waals surface area contributed by atoms with Crippen molar-refractivity contribution in [1.29, 1.82) is 0 Å². The lowest BCUT2D eigenvalue weighted by atomic mass is 10.1. The smallest absolute Gasteiger partial charge is 0.315 e. The zero-order valence-corrected chi connectivity index (χ0v) is 10.1. The van der Waals surface area contributed by atoms with Crippen molar-refractivity contribution in [3.8, 4) is 5.75 Å². The number of nitrogens with two attached hydrogens (primary N) is 1. The predicted molar refractivity (Wildman–Crippen MR) is 62.3 cm³/mol. The summed E-state index contributed by atoms with van der Waals surface area (Å²) in [5.41, 5.74) is 5.60. The van der Waals surface area contributed by atoms with Gasteiger partial charge < -0.3 is 10.5 Å². The maximum absolute atomic E-state index is 10.9. The number of hydrogen-bond acceptors (Lipinski definition) is 4. The lowest BCUT2D eigenvalue weighted by Gasteiger charge is -2.10. The van der Waals surface area contributed by atoms with Crippen molar-refractivity contribution >= 4 is 23.2 Å². The SMILES string of the molecule is Cc1cc(OCC(N)=O)c([N+](=O)[O-])c(C)c1Cl. The predicted octanol–water partition coefficient (Wildman–Crippen LogP) is 1.73. The number of hydrogen-bond donors (Lipinski definition) is 1. The molecule has 0 aliphatic rings. The topological polar surface area (TPSA) is 95.5 Å². The van der Waals surface area contributed by atoms with E-state index in [1.54, 1.807) is 6.92 Å². The molecule has 0 bridgehead atoms. The average Bonchev–Trinajstić information content (AvgIpc) is 2.22. The first-order valence-electron chi connectivity index (χ1n) is 4.69. The van der Waals surface area contributed by atoms with E-state index in [4.69, 9.17) is 22.1 Å². The van der Waals surface area contributed by atoms with Gasteiger partial charge in [-0.2, -0.15) is 0 Å². The molecule has 0 aromatic heterocycles. The van der Waals surface area contributed by atoms with E-state index in [0.717, 1.165) is 0 Å². The van der Waals surface area contributed by atoms with Crippen molar-refractivity contribution in [2.75, 3.05) is 6.61 Å².